The molecule has 0 saturated heterocycles. The van der Waals surface area contributed by atoms with Gasteiger partial charge in [-0.15, -0.1) is 0 Å². The van der Waals surface area contributed by atoms with Crippen LogP contribution in [0.2, 0.25) is 0 Å². The fourth-order valence-corrected chi connectivity index (χ4v) is 11.9. The van der Waals surface area contributed by atoms with E-state index in [1.165, 1.54) is 0 Å². The maximum Gasteiger partial charge on any atom is 0.227 e. The first-order valence-electron chi connectivity index (χ1n) is 18.7. The summed E-state index contributed by atoms with van der Waals surface area (Å²) in [4.78, 5) is 82.2. The normalized spacial score (nSPS) is 40.4. The SMILES string of the molecule is CC1(C)[C@]2(C(=O)NCCN(CCNC(=O)[C@@]34CC[C@@](C)(C(=O)C3)C4(C)C)CCNC(=O)[C@]34CC[C@](C)(C(=O)C3)C4(C)C)CC[C@@]1(C)C(=O)C2. The van der Waals surface area contributed by atoms with Crippen molar-refractivity contribution in [2.24, 2.45) is 48.7 Å². The van der Waals surface area contributed by atoms with Crippen molar-refractivity contribution in [3.05, 3.63) is 0 Å². The molecule has 0 radical (unpaired) electrons. The Morgan fingerprint density at radius 2 is 0.714 bits per heavy atom. The molecule has 6 aliphatic rings. The van der Waals surface area contributed by atoms with E-state index in [1.807, 2.05) is 20.8 Å². The van der Waals surface area contributed by atoms with Gasteiger partial charge in [0.05, 0.1) is 16.2 Å². The molecule has 0 aromatic heterocycles. The maximum atomic E-state index is 13.7. The van der Waals surface area contributed by atoms with Crippen LogP contribution in [0.15, 0.2) is 0 Å². The predicted octanol–water partition coefficient (Wildman–Crippen LogP) is 3.99. The first-order chi connectivity index (χ1) is 22.6. The second-order valence-corrected chi connectivity index (χ2v) is 19.0. The molecule has 0 unspecified atom stereocenters. The fourth-order valence-electron chi connectivity index (χ4n) is 11.9. The standard InChI is InChI=1S/C39H60N4O6/c1-31(2)34(7)10-13-37(31,22-25(34)44)28(47)40-16-19-43(20-17-41-29(48)38-14-11-35(8,26(45)23-38)32(38,3)4)21-18-42-30(49)39-15-12-36(9,27(46)24-39)33(39,5)6/h10-24H2,1-9H3,(H,40,47)(H,41,48)(H,42,49)/t34-,35-,36+,37+,38+,39-/m0/s1. The van der Waals surface area contributed by atoms with Crippen LogP contribution in [0.25, 0.3) is 0 Å². The van der Waals surface area contributed by atoms with Gasteiger partial charge in [0.25, 0.3) is 0 Å². The lowest BCUT2D eigenvalue weighted by Gasteiger charge is -2.39. The molecule has 6 atom stereocenters. The van der Waals surface area contributed by atoms with Gasteiger partial charge in [-0.1, -0.05) is 62.3 Å². The molecule has 272 valence electrons. The number of carbonyl (C=O) groups is 6. The quantitative estimate of drug-likeness (QED) is 0.283. The van der Waals surface area contributed by atoms with Gasteiger partial charge in [-0.05, 0) is 54.8 Å². The molecule has 10 heteroatoms. The third-order valence-corrected chi connectivity index (χ3v) is 17.6. The summed E-state index contributed by atoms with van der Waals surface area (Å²) in [7, 11) is 0. The predicted molar refractivity (Wildman–Crippen MR) is 185 cm³/mol. The van der Waals surface area contributed by atoms with Gasteiger partial charge in [0.2, 0.25) is 17.7 Å². The average molecular weight is 681 g/mol. The van der Waals surface area contributed by atoms with Crippen LogP contribution in [0.3, 0.4) is 0 Å². The molecule has 0 heterocycles. The monoisotopic (exact) mass is 680 g/mol. The van der Waals surface area contributed by atoms with Gasteiger partial charge in [0, 0.05) is 74.8 Å². The second kappa shape index (κ2) is 10.9. The fraction of sp³-hybridized carbons (Fsp3) is 0.846. The molecule has 6 rings (SSSR count). The zero-order valence-corrected chi connectivity index (χ0v) is 31.5. The summed E-state index contributed by atoms with van der Waals surface area (Å²) in [5.74, 6) is 0.325. The lowest BCUT2D eigenvalue weighted by Crippen LogP contribution is -2.51. The van der Waals surface area contributed by atoms with Crippen molar-refractivity contribution in [3.8, 4) is 0 Å². The van der Waals surface area contributed by atoms with E-state index in [0.717, 1.165) is 19.3 Å². The van der Waals surface area contributed by atoms with E-state index < -0.39 is 48.7 Å². The number of carbonyl (C=O) groups excluding carboxylic acids is 6. The first-order valence-corrected chi connectivity index (χ1v) is 18.7. The van der Waals surface area contributed by atoms with Gasteiger partial charge in [-0.2, -0.15) is 0 Å². The van der Waals surface area contributed by atoms with Crippen molar-refractivity contribution >= 4 is 35.1 Å². The number of ketones is 3. The van der Waals surface area contributed by atoms with Crippen LogP contribution in [0.5, 0.6) is 0 Å². The Labute approximate surface area is 292 Å². The van der Waals surface area contributed by atoms with Crippen LogP contribution in [0.1, 0.15) is 120 Å². The highest BCUT2D eigenvalue weighted by Gasteiger charge is 2.74. The molecule has 6 fully saturated rings. The molecule has 10 nitrogen and oxygen atoms in total. The summed E-state index contributed by atoms with van der Waals surface area (Å²) in [5, 5.41) is 9.46. The summed E-state index contributed by atoms with van der Waals surface area (Å²) in [5.41, 5.74) is -4.81. The average Bonchev–Trinajstić information content (AvgIpc) is 3.61. The zero-order valence-electron chi connectivity index (χ0n) is 31.5. The molecule has 49 heavy (non-hydrogen) atoms. The smallest absolute Gasteiger partial charge is 0.227 e. The molecule has 3 amide bonds. The van der Waals surface area contributed by atoms with Crippen molar-refractivity contribution in [2.75, 3.05) is 39.3 Å². The largest absolute Gasteiger partial charge is 0.354 e. The maximum absolute atomic E-state index is 13.7. The lowest BCUT2D eigenvalue weighted by atomic mass is 9.64. The molecular weight excluding hydrogens is 620 g/mol. The van der Waals surface area contributed by atoms with E-state index in [1.54, 1.807) is 0 Å². The molecule has 0 aliphatic heterocycles. The van der Waals surface area contributed by atoms with E-state index in [0.29, 0.717) is 58.5 Å². The Balaban J connectivity index is 1.09. The molecule has 6 saturated carbocycles. The lowest BCUT2D eigenvalue weighted by molar-refractivity contribution is -0.136. The topological polar surface area (TPSA) is 142 Å². The minimum absolute atomic E-state index is 0.0679. The highest BCUT2D eigenvalue weighted by atomic mass is 16.2. The number of rotatable bonds is 12. The molecular formula is C39H60N4O6. The summed E-state index contributed by atoms with van der Waals surface area (Å²) in [6.45, 7) is 21.0. The first kappa shape index (κ1) is 36.2. The Bertz CT molecular complexity index is 1340. The number of nitrogens with zero attached hydrogens (tertiary/aromatic N) is 1. The molecule has 6 bridgehead atoms. The van der Waals surface area contributed by atoms with E-state index >= 15 is 0 Å². The molecule has 0 aromatic carbocycles. The van der Waals surface area contributed by atoms with Crippen molar-refractivity contribution < 1.29 is 28.8 Å². The van der Waals surface area contributed by atoms with Crippen LogP contribution < -0.4 is 16.0 Å². The van der Waals surface area contributed by atoms with Gasteiger partial charge in [-0.3, -0.25) is 33.7 Å². The number of amides is 3. The van der Waals surface area contributed by atoms with Crippen molar-refractivity contribution in [1.82, 2.24) is 20.9 Å². The van der Waals surface area contributed by atoms with Crippen molar-refractivity contribution in [2.45, 2.75) is 120 Å². The highest BCUT2D eigenvalue weighted by molar-refractivity contribution is 6.01. The summed E-state index contributed by atoms with van der Waals surface area (Å²) >= 11 is 0. The second-order valence-electron chi connectivity index (χ2n) is 19.0. The highest BCUT2D eigenvalue weighted by Crippen LogP contribution is 2.72. The van der Waals surface area contributed by atoms with Gasteiger partial charge >= 0.3 is 0 Å². The summed E-state index contributed by atoms with van der Waals surface area (Å²) in [6.07, 6.45) is 5.13. The molecule has 0 aromatic rings. The van der Waals surface area contributed by atoms with Crippen LogP contribution >= 0.6 is 0 Å². The van der Waals surface area contributed by atoms with Crippen LogP contribution in [-0.2, 0) is 28.8 Å². The Hall–Kier alpha value is -2.62. The van der Waals surface area contributed by atoms with Crippen LogP contribution in [0.4, 0.5) is 0 Å². The Morgan fingerprint density at radius 1 is 0.469 bits per heavy atom. The molecule has 6 aliphatic carbocycles. The number of Topliss-reactive ketones (excluding diaryl/α,β-unsaturated/α-hetero) is 3. The van der Waals surface area contributed by atoms with E-state index in [-0.39, 0.29) is 54.3 Å². The Morgan fingerprint density at radius 3 is 0.898 bits per heavy atom. The van der Waals surface area contributed by atoms with Crippen LogP contribution in [0, 0.1) is 48.7 Å². The summed E-state index contributed by atoms with van der Waals surface area (Å²) < 4.78 is 0. The van der Waals surface area contributed by atoms with Crippen molar-refractivity contribution in [3.63, 3.8) is 0 Å². The minimum Gasteiger partial charge on any atom is -0.354 e. The third kappa shape index (κ3) is 4.27. The van der Waals surface area contributed by atoms with Gasteiger partial charge in [0.1, 0.15) is 17.3 Å². The van der Waals surface area contributed by atoms with Crippen molar-refractivity contribution in [1.29, 1.82) is 0 Å². The van der Waals surface area contributed by atoms with Gasteiger partial charge in [-0.25, -0.2) is 0 Å². The number of hydrogen-bond donors (Lipinski definition) is 3. The summed E-state index contributed by atoms with van der Waals surface area (Å²) in [6, 6.07) is 0. The minimum atomic E-state index is -0.702. The number of hydrogen-bond acceptors (Lipinski definition) is 7. The third-order valence-electron chi connectivity index (χ3n) is 17.6. The van der Waals surface area contributed by atoms with E-state index in [2.05, 4.69) is 62.4 Å². The van der Waals surface area contributed by atoms with E-state index in [9.17, 15) is 28.8 Å². The Kier molecular flexibility index (Phi) is 8.08. The number of nitrogens with one attached hydrogen (secondary N) is 3. The number of fused-ring (bicyclic) bond motifs is 6. The van der Waals surface area contributed by atoms with Gasteiger partial charge < -0.3 is 16.0 Å². The zero-order chi connectivity index (χ0) is 36.3. The van der Waals surface area contributed by atoms with E-state index in [4.69, 9.17) is 0 Å². The molecule has 0 spiro atoms. The van der Waals surface area contributed by atoms with Crippen LogP contribution in [-0.4, -0.2) is 79.2 Å². The molecule has 3 N–H and O–H groups in total. The van der Waals surface area contributed by atoms with Gasteiger partial charge in [0.15, 0.2) is 0 Å².